The molecule has 0 saturated carbocycles. The predicted octanol–water partition coefficient (Wildman–Crippen LogP) is 3.13. The van der Waals surface area contributed by atoms with Gasteiger partial charge in [0.05, 0.1) is 4.90 Å². The second-order valence-corrected chi connectivity index (χ2v) is 4.68. The second kappa shape index (κ2) is 4.94. The summed E-state index contributed by atoms with van der Waals surface area (Å²) in [6.45, 7) is 1.96. The maximum Gasteiger partial charge on any atom is 0.150 e. The van der Waals surface area contributed by atoms with Crippen molar-refractivity contribution in [2.75, 3.05) is 4.72 Å². The highest BCUT2D eigenvalue weighted by Gasteiger charge is 2.05. The molecule has 0 fully saturated rings. The Morgan fingerprint density at radius 2 is 1.56 bits per heavy atom. The molecule has 0 spiro atoms. The van der Waals surface area contributed by atoms with Gasteiger partial charge in [-0.2, -0.15) is 0 Å². The van der Waals surface area contributed by atoms with E-state index >= 15 is 0 Å². The Hall–Kier alpha value is -1.61. The third kappa shape index (κ3) is 2.49. The van der Waals surface area contributed by atoms with Gasteiger partial charge in [0.1, 0.15) is 0 Å². The maximum atomic E-state index is 12.0. The molecule has 0 radical (unpaired) electrons. The highest BCUT2D eigenvalue weighted by molar-refractivity contribution is 7.86. The number of anilines is 1. The normalized spacial score (nSPS) is 12.1. The van der Waals surface area contributed by atoms with E-state index in [0.717, 1.165) is 16.1 Å². The van der Waals surface area contributed by atoms with Crippen molar-refractivity contribution in [3.8, 4) is 0 Å². The van der Waals surface area contributed by atoms with Crippen LogP contribution in [0.25, 0.3) is 0 Å². The number of hydrogen-bond donors (Lipinski definition) is 1. The lowest BCUT2D eigenvalue weighted by molar-refractivity contribution is 0.686. The summed E-state index contributed by atoms with van der Waals surface area (Å²) in [4.78, 5) is 0.825. The van der Waals surface area contributed by atoms with Gasteiger partial charge in [-0.1, -0.05) is 36.4 Å². The lowest BCUT2D eigenvalue weighted by Gasteiger charge is -2.07. The monoisotopic (exact) mass is 231 g/mol. The molecule has 0 aromatic heterocycles. The molecule has 2 aromatic carbocycles. The molecule has 1 atom stereocenters. The lowest BCUT2D eigenvalue weighted by atomic mass is 10.2. The molecule has 0 aliphatic carbocycles. The van der Waals surface area contributed by atoms with Crippen molar-refractivity contribution in [2.45, 2.75) is 11.8 Å². The zero-order valence-corrected chi connectivity index (χ0v) is 9.83. The van der Waals surface area contributed by atoms with Crippen LogP contribution in [0, 0.1) is 6.92 Å². The first-order valence-corrected chi connectivity index (χ1v) is 6.21. The second-order valence-electron chi connectivity index (χ2n) is 3.50. The number of rotatable bonds is 3. The summed E-state index contributed by atoms with van der Waals surface area (Å²) in [5, 5.41) is 0. The molecule has 3 heteroatoms. The van der Waals surface area contributed by atoms with Crippen molar-refractivity contribution >= 4 is 16.7 Å². The van der Waals surface area contributed by atoms with E-state index < -0.39 is 11.0 Å². The molecule has 0 aliphatic heterocycles. The van der Waals surface area contributed by atoms with Gasteiger partial charge in [-0.15, -0.1) is 0 Å². The van der Waals surface area contributed by atoms with Gasteiger partial charge in [0.25, 0.3) is 0 Å². The Labute approximate surface area is 97.9 Å². The lowest BCUT2D eigenvalue weighted by Crippen LogP contribution is -2.05. The molecule has 0 bridgehead atoms. The minimum Gasteiger partial charge on any atom is -0.301 e. The number of benzene rings is 2. The molecule has 0 saturated heterocycles. The summed E-state index contributed by atoms with van der Waals surface area (Å²) in [5.41, 5.74) is 1.90. The van der Waals surface area contributed by atoms with Crippen LogP contribution in [-0.2, 0) is 11.0 Å². The standard InChI is InChI=1S/C13H13NOS/c1-11-7-5-6-10-13(11)16(15)14-12-8-3-2-4-9-12/h2-10,14H,1H3. The first kappa shape index (κ1) is 10.9. The average molecular weight is 231 g/mol. The van der Waals surface area contributed by atoms with Gasteiger partial charge >= 0.3 is 0 Å². The predicted molar refractivity (Wildman–Crippen MR) is 67.7 cm³/mol. The fourth-order valence-corrected chi connectivity index (χ4v) is 2.46. The molecule has 16 heavy (non-hydrogen) atoms. The topological polar surface area (TPSA) is 29.1 Å². The van der Waals surface area contributed by atoms with Gasteiger partial charge in [-0.05, 0) is 30.7 Å². The molecule has 1 N–H and O–H groups in total. The first-order chi connectivity index (χ1) is 7.77. The van der Waals surface area contributed by atoms with Crippen molar-refractivity contribution in [3.05, 3.63) is 60.2 Å². The minimum atomic E-state index is -1.20. The van der Waals surface area contributed by atoms with Gasteiger partial charge < -0.3 is 4.72 Å². The van der Waals surface area contributed by atoms with Gasteiger partial charge in [-0.3, -0.25) is 0 Å². The van der Waals surface area contributed by atoms with E-state index in [1.165, 1.54) is 0 Å². The first-order valence-electron chi connectivity index (χ1n) is 5.06. The van der Waals surface area contributed by atoms with E-state index in [4.69, 9.17) is 0 Å². The zero-order chi connectivity index (χ0) is 11.4. The summed E-state index contributed by atoms with van der Waals surface area (Å²) in [6, 6.07) is 17.2. The zero-order valence-electron chi connectivity index (χ0n) is 9.01. The van der Waals surface area contributed by atoms with Gasteiger partial charge in [0, 0.05) is 5.69 Å². The Morgan fingerprint density at radius 3 is 2.25 bits per heavy atom. The van der Waals surface area contributed by atoms with Gasteiger partial charge in [0.15, 0.2) is 11.0 Å². The number of para-hydroxylation sites is 1. The van der Waals surface area contributed by atoms with Crippen LogP contribution in [-0.4, -0.2) is 4.21 Å². The van der Waals surface area contributed by atoms with Gasteiger partial charge in [0.2, 0.25) is 0 Å². The molecule has 1 unspecified atom stereocenters. The molecule has 82 valence electrons. The van der Waals surface area contributed by atoms with Gasteiger partial charge in [-0.25, -0.2) is 4.21 Å². The van der Waals surface area contributed by atoms with Crippen LogP contribution >= 0.6 is 0 Å². The molecule has 2 rings (SSSR count). The molecule has 2 aromatic rings. The molecule has 0 amide bonds. The highest BCUT2D eigenvalue weighted by atomic mass is 32.2. The Bertz CT molecular complexity index is 496. The van der Waals surface area contributed by atoms with Crippen molar-refractivity contribution < 1.29 is 4.21 Å². The van der Waals surface area contributed by atoms with E-state index in [1.54, 1.807) is 0 Å². The van der Waals surface area contributed by atoms with E-state index in [-0.39, 0.29) is 0 Å². The third-order valence-corrected chi connectivity index (χ3v) is 3.56. The van der Waals surface area contributed by atoms with Crippen molar-refractivity contribution in [2.24, 2.45) is 0 Å². The summed E-state index contributed by atoms with van der Waals surface area (Å²) < 4.78 is 15.0. The summed E-state index contributed by atoms with van der Waals surface area (Å²) in [5.74, 6) is 0. The van der Waals surface area contributed by atoms with Crippen LogP contribution in [0.3, 0.4) is 0 Å². The smallest absolute Gasteiger partial charge is 0.150 e. The SMILES string of the molecule is Cc1ccccc1S(=O)Nc1ccccc1. The van der Waals surface area contributed by atoms with Crippen molar-refractivity contribution in [1.82, 2.24) is 0 Å². The molecule has 0 aliphatic rings. The summed E-state index contributed by atoms with van der Waals surface area (Å²) >= 11 is 0. The van der Waals surface area contributed by atoms with Crippen LogP contribution in [0.15, 0.2) is 59.5 Å². The fourth-order valence-electron chi connectivity index (χ4n) is 1.43. The molecular weight excluding hydrogens is 218 g/mol. The minimum absolute atomic E-state index is 0.825. The van der Waals surface area contributed by atoms with E-state index in [2.05, 4.69) is 4.72 Å². The Balaban J connectivity index is 2.19. The maximum absolute atomic E-state index is 12.0. The molecule has 2 nitrogen and oxygen atoms in total. The largest absolute Gasteiger partial charge is 0.301 e. The van der Waals surface area contributed by atoms with Crippen LogP contribution in [0.2, 0.25) is 0 Å². The Morgan fingerprint density at radius 1 is 0.938 bits per heavy atom. The quantitative estimate of drug-likeness (QED) is 0.864. The Kier molecular flexibility index (Phi) is 3.37. The average Bonchev–Trinajstić information content (AvgIpc) is 2.31. The van der Waals surface area contributed by atoms with E-state index in [9.17, 15) is 4.21 Å². The van der Waals surface area contributed by atoms with Crippen LogP contribution in [0.1, 0.15) is 5.56 Å². The van der Waals surface area contributed by atoms with Crippen molar-refractivity contribution in [3.63, 3.8) is 0 Å². The summed E-state index contributed by atoms with van der Waals surface area (Å²) in [7, 11) is -1.20. The molecular formula is C13H13NOS. The number of aryl methyl sites for hydroxylation is 1. The van der Waals surface area contributed by atoms with Crippen LogP contribution in [0.5, 0.6) is 0 Å². The fraction of sp³-hybridized carbons (Fsp3) is 0.0769. The number of hydrogen-bond acceptors (Lipinski definition) is 1. The van der Waals surface area contributed by atoms with E-state index in [0.29, 0.717) is 0 Å². The van der Waals surface area contributed by atoms with E-state index in [1.807, 2.05) is 61.5 Å². The summed E-state index contributed by atoms with van der Waals surface area (Å²) in [6.07, 6.45) is 0. The number of nitrogens with one attached hydrogen (secondary N) is 1. The molecule has 0 heterocycles. The third-order valence-electron chi connectivity index (χ3n) is 2.28. The van der Waals surface area contributed by atoms with Crippen LogP contribution in [0.4, 0.5) is 5.69 Å². The van der Waals surface area contributed by atoms with Crippen LogP contribution < -0.4 is 4.72 Å². The van der Waals surface area contributed by atoms with Crippen molar-refractivity contribution in [1.29, 1.82) is 0 Å². The highest BCUT2D eigenvalue weighted by Crippen LogP contribution is 2.15.